The first kappa shape index (κ1) is 15.2. The van der Waals surface area contributed by atoms with Gasteiger partial charge in [0.15, 0.2) is 0 Å². The SMILES string of the molecule is COC(C1CCCCC1)C(CC=O)c1ccccc1F. The minimum absolute atomic E-state index is 0.0719. The minimum Gasteiger partial charge on any atom is -0.381 e. The average Bonchev–Trinajstić information content (AvgIpc) is 2.49. The maximum absolute atomic E-state index is 14.1. The Kier molecular flexibility index (Phi) is 5.72. The molecule has 1 fully saturated rings. The van der Waals surface area contributed by atoms with Crippen LogP contribution >= 0.6 is 0 Å². The van der Waals surface area contributed by atoms with Crippen molar-refractivity contribution in [2.24, 2.45) is 5.92 Å². The van der Waals surface area contributed by atoms with Gasteiger partial charge >= 0.3 is 0 Å². The summed E-state index contributed by atoms with van der Waals surface area (Å²) in [5.74, 6) is 0.0114. The highest BCUT2D eigenvalue weighted by molar-refractivity contribution is 5.52. The number of aldehydes is 1. The van der Waals surface area contributed by atoms with Crippen LogP contribution in [0.3, 0.4) is 0 Å². The number of benzene rings is 1. The van der Waals surface area contributed by atoms with Gasteiger partial charge in [0.05, 0.1) is 6.10 Å². The summed E-state index contributed by atoms with van der Waals surface area (Å²) in [5, 5.41) is 0. The number of rotatable bonds is 6. The molecule has 2 nitrogen and oxygen atoms in total. The van der Waals surface area contributed by atoms with Gasteiger partial charge in [-0.25, -0.2) is 4.39 Å². The van der Waals surface area contributed by atoms with Gasteiger partial charge in [-0.15, -0.1) is 0 Å². The molecule has 1 aromatic rings. The monoisotopic (exact) mass is 278 g/mol. The third-order valence-corrected chi connectivity index (χ3v) is 4.44. The molecule has 0 N–H and O–H groups in total. The Morgan fingerprint density at radius 3 is 2.60 bits per heavy atom. The van der Waals surface area contributed by atoms with E-state index in [4.69, 9.17) is 4.74 Å². The summed E-state index contributed by atoms with van der Waals surface area (Å²) >= 11 is 0. The van der Waals surface area contributed by atoms with Crippen LogP contribution in [-0.2, 0) is 9.53 Å². The second-order valence-corrected chi connectivity index (χ2v) is 5.63. The van der Waals surface area contributed by atoms with E-state index < -0.39 is 0 Å². The van der Waals surface area contributed by atoms with Crippen molar-refractivity contribution in [3.05, 3.63) is 35.6 Å². The smallest absolute Gasteiger partial charge is 0.126 e. The Morgan fingerprint density at radius 1 is 1.30 bits per heavy atom. The third kappa shape index (κ3) is 3.45. The number of hydrogen-bond acceptors (Lipinski definition) is 2. The number of halogens is 1. The van der Waals surface area contributed by atoms with Crippen LogP contribution in [0.15, 0.2) is 24.3 Å². The van der Waals surface area contributed by atoms with Crippen LogP contribution in [0.1, 0.15) is 50.0 Å². The molecule has 0 saturated heterocycles. The average molecular weight is 278 g/mol. The normalized spacial score (nSPS) is 19.5. The molecule has 1 aromatic carbocycles. The fraction of sp³-hybridized carbons (Fsp3) is 0.588. The first-order valence-electron chi connectivity index (χ1n) is 7.48. The van der Waals surface area contributed by atoms with E-state index in [9.17, 15) is 9.18 Å². The highest BCUT2D eigenvalue weighted by atomic mass is 19.1. The zero-order valence-corrected chi connectivity index (χ0v) is 12.1. The lowest BCUT2D eigenvalue weighted by atomic mass is 9.77. The molecule has 0 aliphatic heterocycles. The van der Waals surface area contributed by atoms with Gasteiger partial charge in [-0.3, -0.25) is 0 Å². The maximum atomic E-state index is 14.1. The molecule has 0 radical (unpaired) electrons. The minimum atomic E-state index is -0.239. The fourth-order valence-corrected chi connectivity index (χ4v) is 3.47. The summed E-state index contributed by atoms with van der Waals surface area (Å²) in [5.41, 5.74) is 0.608. The Hall–Kier alpha value is -1.22. The third-order valence-electron chi connectivity index (χ3n) is 4.44. The fourth-order valence-electron chi connectivity index (χ4n) is 3.47. The summed E-state index contributed by atoms with van der Waals surface area (Å²) in [7, 11) is 1.68. The van der Waals surface area contributed by atoms with Crippen LogP contribution in [0.5, 0.6) is 0 Å². The predicted octanol–water partition coefficient (Wildman–Crippen LogP) is 4.09. The lowest BCUT2D eigenvalue weighted by Crippen LogP contribution is -2.32. The molecule has 20 heavy (non-hydrogen) atoms. The van der Waals surface area contributed by atoms with Gasteiger partial charge in [0, 0.05) is 19.4 Å². The molecule has 0 spiro atoms. The van der Waals surface area contributed by atoms with Gasteiger partial charge in [0.1, 0.15) is 12.1 Å². The van der Waals surface area contributed by atoms with E-state index in [0.717, 1.165) is 19.1 Å². The quantitative estimate of drug-likeness (QED) is 0.732. The molecule has 1 saturated carbocycles. The summed E-state index contributed by atoms with van der Waals surface area (Å²) in [6.07, 6.45) is 7.03. The zero-order chi connectivity index (χ0) is 14.4. The van der Waals surface area contributed by atoms with Crippen molar-refractivity contribution < 1.29 is 13.9 Å². The van der Waals surface area contributed by atoms with Crippen molar-refractivity contribution in [2.45, 2.75) is 50.5 Å². The number of carbonyl (C=O) groups excluding carboxylic acids is 1. The van der Waals surface area contributed by atoms with Crippen LogP contribution in [0.25, 0.3) is 0 Å². The first-order valence-corrected chi connectivity index (χ1v) is 7.48. The number of ether oxygens (including phenoxy) is 1. The molecule has 0 heterocycles. The van der Waals surface area contributed by atoms with E-state index in [1.807, 2.05) is 6.07 Å². The van der Waals surface area contributed by atoms with Gasteiger partial charge in [0.25, 0.3) is 0 Å². The Morgan fingerprint density at radius 2 is 2.00 bits per heavy atom. The Balaban J connectivity index is 2.25. The van der Waals surface area contributed by atoms with E-state index in [1.54, 1.807) is 19.2 Å². The van der Waals surface area contributed by atoms with Crippen molar-refractivity contribution in [2.75, 3.05) is 7.11 Å². The number of carbonyl (C=O) groups is 1. The molecule has 2 rings (SSSR count). The molecule has 0 bridgehead atoms. The lowest BCUT2D eigenvalue weighted by Gasteiger charge is -2.34. The van der Waals surface area contributed by atoms with Crippen molar-refractivity contribution in [1.82, 2.24) is 0 Å². The Labute approximate surface area is 120 Å². The molecule has 1 aliphatic carbocycles. The summed E-state index contributed by atoms with van der Waals surface area (Å²) in [6.45, 7) is 0. The maximum Gasteiger partial charge on any atom is 0.126 e. The lowest BCUT2D eigenvalue weighted by molar-refractivity contribution is -0.109. The van der Waals surface area contributed by atoms with Crippen LogP contribution in [0.4, 0.5) is 4.39 Å². The molecule has 3 heteroatoms. The zero-order valence-electron chi connectivity index (χ0n) is 12.1. The molecule has 1 aliphatic rings. The van der Waals surface area contributed by atoms with Crippen LogP contribution in [0, 0.1) is 11.7 Å². The predicted molar refractivity (Wildman–Crippen MR) is 77.2 cm³/mol. The highest BCUT2D eigenvalue weighted by Crippen LogP contribution is 2.37. The summed E-state index contributed by atoms with van der Waals surface area (Å²) < 4.78 is 19.7. The highest BCUT2D eigenvalue weighted by Gasteiger charge is 2.32. The van der Waals surface area contributed by atoms with Crippen molar-refractivity contribution in [1.29, 1.82) is 0 Å². The van der Waals surface area contributed by atoms with Gasteiger partial charge in [0.2, 0.25) is 0 Å². The molecule has 0 amide bonds. The summed E-state index contributed by atoms with van der Waals surface area (Å²) in [4.78, 5) is 11.0. The van der Waals surface area contributed by atoms with E-state index in [0.29, 0.717) is 17.9 Å². The van der Waals surface area contributed by atoms with Gasteiger partial charge in [-0.05, 0) is 30.4 Å². The standard InChI is InChI=1S/C17H23FO2/c1-20-17(13-7-3-2-4-8-13)15(11-12-19)14-9-5-6-10-16(14)18/h5-6,9-10,12-13,15,17H,2-4,7-8,11H2,1H3. The molecular weight excluding hydrogens is 255 g/mol. The van der Waals surface area contributed by atoms with E-state index >= 15 is 0 Å². The largest absolute Gasteiger partial charge is 0.381 e. The molecule has 0 aromatic heterocycles. The summed E-state index contributed by atoms with van der Waals surface area (Å²) in [6, 6.07) is 6.74. The molecule has 2 atom stereocenters. The molecular formula is C17H23FO2. The van der Waals surface area contributed by atoms with Crippen molar-refractivity contribution in [3.8, 4) is 0 Å². The second kappa shape index (κ2) is 7.53. The Bertz CT molecular complexity index is 427. The van der Waals surface area contributed by atoms with E-state index in [1.165, 1.54) is 25.3 Å². The van der Waals surface area contributed by atoms with Crippen LogP contribution < -0.4 is 0 Å². The van der Waals surface area contributed by atoms with E-state index in [-0.39, 0.29) is 17.8 Å². The topological polar surface area (TPSA) is 26.3 Å². The second-order valence-electron chi connectivity index (χ2n) is 5.63. The van der Waals surface area contributed by atoms with E-state index in [2.05, 4.69) is 0 Å². The van der Waals surface area contributed by atoms with Gasteiger partial charge < -0.3 is 9.53 Å². The molecule has 110 valence electrons. The number of hydrogen-bond donors (Lipinski definition) is 0. The van der Waals surface area contributed by atoms with Gasteiger partial charge in [-0.1, -0.05) is 37.5 Å². The van der Waals surface area contributed by atoms with Gasteiger partial charge in [-0.2, -0.15) is 0 Å². The van der Waals surface area contributed by atoms with Crippen molar-refractivity contribution in [3.63, 3.8) is 0 Å². The van der Waals surface area contributed by atoms with Crippen LogP contribution in [-0.4, -0.2) is 19.5 Å². The first-order chi connectivity index (χ1) is 9.77. The number of methoxy groups -OCH3 is 1. The van der Waals surface area contributed by atoms with Crippen molar-refractivity contribution >= 4 is 6.29 Å². The van der Waals surface area contributed by atoms with Crippen LogP contribution in [0.2, 0.25) is 0 Å². The molecule has 2 unspecified atom stereocenters.